The van der Waals surface area contributed by atoms with Gasteiger partial charge in [0.15, 0.2) is 5.65 Å². The minimum Gasteiger partial charge on any atom is -0.336 e. The molecule has 158 valence electrons. The van der Waals surface area contributed by atoms with Crippen LogP contribution < -0.4 is 10.9 Å². The Morgan fingerprint density at radius 2 is 2.12 bits per heavy atom. The van der Waals surface area contributed by atoms with Gasteiger partial charge in [0.05, 0.1) is 40.5 Å². The van der Waals surface area contributed by atoms with Crippen molar-refractivity contribution in [2.75, 3.05) is 5.32 Å². The number of aromatic amines is 1. The van der Waals surface area contributed by atoms with E-state index in [1.54, 1.807) is 19.1 Å². The molecule has 0 aliphatic heterocycles. The Bertz CT molecular complexity index is 1580. The number of hydrogen-bond donors (Lipinski definition) is 2. The normalized spacial score (nSPS) is 13.7. The van der Waals surface area contributed by atoms with Crippen molar-refractivity contribution in [1.29, 1.82) is 0 Å². The van der Waals surface area contributed by atoms with Crippen molar-refractivity contribution in [3.63, 3.8) is 0 Å². The van der Waals surface area contributed by atoms with Crippen LogP contribution in [0.3, 0.4) is 0 Å². The van der Waals surface area contributed by atoms with Crippen LogP contribution in [0.5, 0.6) is 0 Å². The van der Waals surface area contributed by atoms with Crippen LogP contribution in [0.4, 0.5) is 5.69 Å². The second-order valence-electron chi connectivity index (χ2n) is 7.81. The summed E-state index contributed by atoms with van der Waals surface area (Å²) < 4.78 is 6.88. The quantitative estimate of drug-likeness (QED) is 0.450. The number of fused-ring (bicyclic) bond motifs is 2. The summed E-state index contributed by atoms with van der Waals surface area (Å²) in [5.74, 6) is 0.0450. The van der Waals surface area contributed by atoms with Crippen molar-refractivity contribution in [3.8, 4) is 5.69 Å². The van der Waals surface area contributed by atoms with Gasteiger partial charge in [-0.15, -0.1) is 0 Å². The summed E-state index contributed by atoms with van der Waals surface area (Å²) in [5.41, 5.74) is 3.51. The van der Waals surface area contributed by atoms with Gasteiger partial charge in [-0.3, -0.25) is 9.59 Å². The maximum atomic E-state index is 13.4. The van der Waals surface area contributed by atoms with Gasteiger partial charge in [0.1, 0.15) is 5.39 Å². The molecule has 32 heavy (non-hydrogen) atoms. The fourth-order valence-electron chi connectivity index (χ4n) is 3.87. The second-order valence-corrected chi connectivity index (χ2v) is 7.81. The predicted octanol–water partition coefficient (Wildman–Crippen LogP) is 3.08. The third-order valence-electron chi connectivity index (χ3n) is 5.63. The second kappa shape index (κ2) is 6.84. The van der Waals surface area contributed by atoms with Crippen molar-refractivity contribution in [1.82, 2.24) is 29.9 Å². The molecule has 0 saturated heterocycles. The number of aryl methyl sites for hydroxylation is 1. The van der Waals surface area contributed by atoms with Crippen molar-refractivity contribution >= 4 is 33.7 Å². The molecule has 1 aliphatic rings. The number of aromatic nitrogens is 6. The molecule has 1 fully saturated rings. The molecule has 0 spiro atoms. The monoisotopic (exact) mass is 427 g/mol. The maximum Gasteiger partial charge on any atom is 0.261 e. The highest BCUT2D eigenvalue weighted by Gasteiger charge is 2.29. The summed E-state index contributed by atoms with van der Waals surface area (Å²) in [5, 5.41) is 12.2. The van der Waals surface area contributed by atoms with Crippen LogP contribution in [-0.4, -0.2) is 35.8 Å². The lowest BCUT2D eigenvalue weighted by Crippen LogP contribution is -2.15. The van der Waals surface area contributed by atoms with E-state index in [1.807, 2.05) is 18.2 Å². The van der Waals surface area contributed by atoms with E-state index < -0.39 is 0 Å². The summed E-state index contributed by atoms with van der Waals surface area (Å²) in [7, 11) is 0. The van der Waals surface area contributed by atoms with Gasteiger partial charge in [-0.25, -0.2) is 14.6 Å². The lowest BCUT2D eigenvalue weighted by molar-refractivity contribution is 0.102. The zero-order valence-electron chi connectivity index (χ0n) is 17.0. The summed E-state index contributed by atoms with van der Waals surface area (Å²) >= 11 is 0. The lowest BCUT2D eigenvalue weighted by Gasteiger charge is -2.12. The van der Waals surface area contributed by atoms with Gasteiger partial charge in [-0.2, -0.15) is 5.10 Å². The first-order valence-corrected chi connectivity index (χ1v) is 10.2. The molecule has 0 radical (unpaired) electrons. The van der Waals surface area contributed by atoms with Crippen LogP contribution in [-0.2, 0) is 0 Å². The summed E-state index contributed by atoms with van der Waals surface area (Å²) in [6.45, 7) is 1.79. The predicted molar refractivity (Wildman–Crippen MR) is 116 cm³/mol. The van der Waals surface area contributed by atoms with E-state index in [9.17, 15) is 9.59 Å². The number of anilines is 1. The number of pyridine rings is 1. The molecule has 10 heteroatoms. The van der Waals surface area contributed by atoms with Crippen LogP contribution in [0.2, 0.25) is 0 Å². The Kier molecular flexibility index (Phi) is 3.94. The number of para-hydroxylation sites is 2. The largest absolute Gasteiger partial charge is 0.336 e. The summed E-state index contributed by atoms with van der Waals surface area (Å²) in [6.07, 6.45) is 4.88. The highest BCUT2D eigenvalue weighted by atomic mass is 16.5. The first-order chi connectivity index (χ1) is 15.6. The highest BCUT2D eigenvalue weighted by Crippen LogP contribution is 2.40. The molecular weight excluding hydrogens is 410 g/mol. The minimum atomic E-state index is -0.305. The van der Waals surface area contributed by atoms with Gasteiger partial charge in [0.2, 0.25) is 0 Å². The zero-order valence-corrected chi connectivity index (χ0v) is 17.0. The van der Waals surface area contributed by atoms with Crippen molar-refractivity contribution < 1.29 is 9.32 Å². The molecule has 6 rings (SSSR count). The Labute approximate surface area is 180 Å². The summed E-state index contributed by atoms with van der Waals surface area (Å²) in [6, 6.07) is 9.04. The van der Waals surface area contributed by atoms with Gasteiger partial charge >= 0.3 is 0 Å². The van der Waals surface area contributed by atoms with Gasteiger partial charge in [-0.05, 0) is 38.0 Å². The lowest BCUT2D eigenvalue weighted by atomic mass is 10.1. The molecule has 1 amide bonds. The van der Waals surface area contributed by atoms with Crippen molar-refractivity contribution in [2.24, 2.45) is 0 Å². The van der Waals surface area contributed by atoms with Crippen LogP contribution in [0.15, 0.2) is 52.2 Å². The maximum absolute atomic E-state index is 13.4. The van der Waals surface area contributed by atoms with E-state index >= 15 is 0 Å². The molecule has 1 aromatic carbocycles. The third kappa shape index (κ3) is 2.88. The summed E-state index contributed by atoms with van der Waals surface area (Å²) in [4.78, 5) is 36.8. The molecule has 5 aromatic rings. The van der Waals surface area contributed by atoms with E-state index in [2.05, 4.69) is 30.5 Å². The van der Waals surface area contributed by atoms with Gasteiger partial charge in [0, 0.05) is 11.6 Å². The van der Waals surface area contributed by atoms with Gasteiger partial charge in [-0.1, -0.05) is 17.3 Å². The SMILES string of the molecule is Cc1noc2nc(C3CC3)cc(C(=O)Nc3ccccc3-n3ncc4c(=O)[nH]cnc43)c12. The fraction of sp³-hybridized carbons (Fsp3) is 0.182. The Balaban J connectivity index is 1.44. The number of H-pyrrole nitrogens is 1. The molecule has 1 aliphatic carbocycles. The Morgan fingerprint density at radius 3 is 2.97 bits per heavy atom. The molecule has 1 saturated carbocycles. The van der Waals surface area contributed by atoms with Gasteiger partial charge in [0.25, 0.3) is 17.2 Å². The van der Waals surface area contributed by atoms with Gasteiger partial charge < -0.3 is 14.8 Å². The van der Waals surface area contributed by atoms with E-state index in [0.717, 1.165) is 18.5 Å². The molecule has 0 bridgehead atoms. The number of carbonyl (C=O) groups excluding carboxylic acids is 1. The number of hydrogen-bond acceptors (Lipinski definition) is 7. The Morgan fingerprint density at radius 1 is 1.28 bits per heavy atom. The third-order valence-corrected chi connectivity index (χ3v) is 5.63. The number of benzene rings is 1. The smallest absolute Gasteiger partial charge is 0.261 e. The molecular formula is C22H17N7O3. The number of amides is 1. The minimum absolute atomic E-state index is 0.280. The molecule has 10 nitrogen and oxygen atoms in total. The van der Waals surface area contributed by atoms with Crippen LogP contribution >= 0.6 is 0 Å². The molecule has 0 atom stereocenters. The standard InChI is InChI=1S/C22H17N7O3/c1-11-18-13(8-16(12-6-7-12)27-22(18)32-28-11)21(31)26-15-4-2-3-5-17(15)29-19-14(9-25-29)20(30)24-10-23-19/h2-5,8-10,12H,6-7H2,1H3,(H,26,31)(H,23,24,30). The van der Waals surface area contributed by atoms with Crippen LogP contribution in [0, 0.1) is 6.92 Å². The highest BCUT2D eigenvalue weighted by molar-refractivity contribution is 6.13. The van der Waals surface area contributed by atoms with Crippen LogP contribution in [0.1, 0.15) is 40.5 Å². The zero-order chi connectivity index (χ0) is 21.8. The number of nitrogens with one attached hydrogen (secondary N) is 2. The molecule has 2 N–H and O–H groups in total. The van der Waals surface area contributed by atoms with E-state index in [4.69, 9.17) is 4.52 Å². The molecule has 0 unspecified atom stereocenters. The average molecular weight is 427 g/mol. The molecule has 4 heterocycles. The van der Waals surface area contributed by atoms with E-state index in [-0.39, 0.29) is 11.5 Å². The Hall–Kier alpha value is -4.34. The number of carbonyl (C=O) groups is 1. The fourth-order valence-corrected chi connectivity index (χ4v) is 3.87. The number of rotatable bonds is 4. The number of nitrogens with zero attached hydrogens (tertiary/aromatic N) is 5. The topological polar surface area (TPSA) is 132 Å². The average Bonchev–Trinajstić information content (AvgIpc) is 3.46. The van der Waals surface area contributed by atoms with Crippen molar-refractivity contribution in [2.45, 2.75) is 25.7 Å². The first-order valence-electron chi connectivity index (χ1n) is 10.2. The first kappa shape index (κ1) is 18.4. The van der Waals surface area contributed by atoms with E-state index in [0.29, 0.717) is 50.7 Å². The van der Waals surface area contributed by atoms with Crippen LogP contribution in [0.25, 0.3) is 27.8 Å². The van der Waals surface area contributed by atoms with E-state index in [1.165, 1.54) is 17.2 Å². The van der Waals surface area contributed by atoms with Crippen molar-refractivity contribution in [3.05, 3.63) is 70.2 Å². The molecule has 4 aromatic heterocycles.